The molecule has 0 rings (SSSR count). The van der Waals surface area contributed by atoms with Crippen molar-refractivity contribution in [3.63, 3.8) is 0 Å². The van der Waals surface area contributed by atoms with Crippen molar-refractivity contribution in [2.24, 2.45) is 0 Å². The van der Waals surface area contributed by atoms with E-state index in [1.807, 2.05) is 4.90 Å². The van der Waals surface area contributed by atoms with Gasteiger partial charge in [-0.05, 0) is 41.5 Å². The molecule has 0 aliphatic carbocycles. The standard InChI is InChI=1S/C18H42NO9P3/c1-7-23-29(20,24-8-2)16-13-19(14-17-30(21,25-9-3)26-10-4)15-18-31(22,27-11-5)28-12-6/h7-18H2,1-6H3. The first-order valence-electron chi connectivity index (χ1n) is 11.0. The van der Waals surface area contributed by atoms with E-state index in [9.17, 15) is 13.7 Å². The van der Waals surface area contributed by atoms with Crippen molar-refractivity contribution < 1.29 is 40.8 Å². The lowest BCUT2D eigenvalue weighted by Crippen LogP contribution is -2.33. The van der Waals surface area contributed by atoms with Crippen LogP contribution in [0.3, 0.4) is 0 Å². The first-order valence-corrected chi connectivity index (χ1v) is 16.2. The Morgan fingerprint density at radius 2 is 0.645 bits per heavy atom. The summed E-state index contributed by atoms with van der Waals surface area (Å²) in [5.41, 5.74) is 0. The van der Waals surface area contributed by atoms with Gasteiger partial charge in [0.05, 0.1) is 58.1 Å². The Bertz CT molecular complexity index is 495. The third kappa shape index (κ3) is 13.6. The highest BCUT2D eigenvalue weighted by Gasteiger charge is 2.30. The molecule has 0 aromatic heterocycles. The molecule has 0 fully saturated rings. The van der Waals surface area contributed by atoms with Gasteiger partial charge in [-0.3, -0.25) is 13.7 Å². The second-order valence-electron chi connectivity index (χ2n) is 6.35. The van der Waals surface area contributed by atoms with Crippen molar-refractivity contribution >= 4 is 22.8 Å². The monoisotopic (exact) mass is 509 g/mol. The quantitative estimate of drug-likeness (QED) is 0.194. The first-order chi connectivity index (χ1) is 14.6. The third-order valence-corrected chi connectivity index (χ3v) is 10.2. The first kappa shape index (κ1) is 31.4. The van der Waals surface area contributed by atoms with Crippen LogP contribution >= 0.6 is 22.8 Å². The minimum absolute atomic E-state index is 0.149. The highest BCUT2D eigenvalue weighted by Crippen LogP contribution is 2.50. The van der Waals surface area contributed by atoms with E-state index in [2.05, 4.69) is 0 Å². The van der Waals surface area contributed by atoms with Gasteiger partial charge in [0.1, 0.15) is 0 Å². The molecule has 188 valence electrons. The van der Waals surface area contributed by atoms with Gasteiger partial charge in [-0.25, -0.2) is 0 Å². The Morgan fingerprint density at radius 3 is 0.806 bits per heavy atom. The van der Waals surface area contributed by atoms with Gasteiger partial charge in [-0.15, -0.1) is 0 Å². The largest absolute Gasteiger partial charge is 0.331 e. The average molecular weight is 509 g/mol. The molecule has 13 heteroatoms. The van der Waals surface area contributed by atoms with Crippen LogP contribution in [0.2, 0.25) is 0 Å². The molecular formula is C18H42NO9P3. The molecule has 0 heterocycles. The Morgan fingerprint density at radius 1 is 0.452 bits per heavy atom. The summed E-state index contributed by atoms with van der Waals surface area (Å²) in [6.45, 7) is 13.1. The Hall–Kier alpha value is 0.410. The zero-order valence-electron chi connectivity index (χ0n) is 19.9. The molecule has 0 N–H and O–H groups in total. The Labute approximate surface area is 188 Å². The highest BCUT2D eigenvalue weighted by molar-refractivity contribution is 7.54. The van der Waals surface area contributed by atoms with Crippen LogP contribution in [0.5, 0.6) is 0 Å². The van der Waals surface area contributed by atoms with E-state index in [0.717, 1.165) is 0 Å². The fraction of sp³-hybridized carbons (Fsp3) is 1.00. The van der Waals surface area contributed by atoms with Gasteiger partial charge in [0, 0.05) is 19.6 Å². The van der Waals surface area contributed by atoms with E-state index in [1.54, 1.807) is 41.5 Å². The van der Waals surface area contributed by atoms with Crippen LogP contribution in [0.25, 0.3) is 0 Å². The number of hydrogen-bond acceptors (Lipinski definition) is 10. The fourth-order valence-corrected chi connectivity index (χ4v) is 7.75. The molecule has 0 bridgehead atoms. The zero-order valence-corrected chi connectivity index (χ0v) is 22.6. The lowest BCUT2D eigenvalue weighted by atomic mass is 10.5. The van der Waals surface area contributed by atoms with Gasteiger partial charge in [-0.1, -0.05) is 0 Å². The van der Waals surface area contributed by atoms with Gasteiger partial charge in [-0.2, -0.15) is 0 Å². The molecule has 0 spiro atoms. The third-order valence-electron chi connectivity index (χ3n) is 4.03. The molecule has 0 atom stereocenters. The molecule has 0 radical (unpaired) electrons. The molecule has 0 aromatic carbocycles. The van der Waals surface area contributed by atoms with E-state index in [-0.39, 0.29) is 58.1 Å². The molecule has 0 saturated carbocycles. The summed E-state index contributed by atoms with van der Waals surface area (Å²) < 4.78 is 70.7. The van der Waals surface area contributed by atoms with Gasteiger partial charge < -0.3 is 32.0 Å². The van der Waals surface area contributed by atoms with Crippen molar-refractivity contribution in [1.82, 2.24) is 4.90 Å². The Balaban J connectivity index is 5.32. The van der Waals surface area contributed by atoms with E-state index in [4.69, 9.17) is 27.1 Å². The SMILES string of the molecule is CCOP(=O)(CCN(CCP(=O)(OCC)OCC)CCP(=O)(OCC)OCC)OCC. The number of rotatable bonds is 21. The minimum atomic E-state index is -3.26. The summed E-state index contributed by atoms with van der Waals surface area (Å²) in [5.74, 6) is 0. The summed E-state index contributed by atoms with van der Waals surface area (Å²) >= 11 is 0. The summed E-state index contributed by atoms with van der Waals surface area (Å²) in [4.78, 5) is 1.89. The molecule has 0 amide bonds. The van der Waals surface area contributed by atoms with Crippen molar-refractivity contribution in [3.8, 4) is 0 Å². The predicted molar refractivity (Wildman–Crippen MR) is 124 cm³/mol. The van der Waals surface area contributed by atoms with Crippen molar-refractivity contribution in [3.05, 3.63) is 0 Å². The van der Waals surface area contributed by atoms with Gasteiger partial charge in [0.15, 0.2) is 0 Å². The summed E-state index contributed by atoms with van der Waals surface area (Å²) in [6, 6.07) is 0. The molecular weight excluding hydrogens is 467 g/mol. The molecule has 0 saturated heterocycles. The molecule has 0 unspecified atom stereocenters. The fourth-order valence-electron chi connectivity index (χ4n) is 2.81. The van der Waals surface area contributed by atoms with E-state index >= 15 is 0 Å². The lowest BCUT2D eigenvalue weighted by Gasteiger charge is -2.27. The van der Waals surface area contributed by atoms with Gasteiger partial charge >= 0.3 is 22.8 Å². The van der Waals surface area contributed by atoms with Crippen LogP contribution in [0.15, 0.2) is 0 Å². The van der Waals surface area contributed by atoms with Crippen molar-refractivity contribution in [2.75, 3.05) is 77.8 Å². The normalized spacial score (nSPS) is 13.3. The minimum Gasteiger partial charge on any atom is -0.309 e. The Kier molecular flexibility index (Phi) is 17.2. The van der Waals surface area contributed by atoms with Gasteiger partial charge in [0.2, 0.25) is 0 Å². The topological polar surface area (TPSA) is 110 Å². The smallest absolute Gasteiger partial charge is 0.309 e. The van der Waals surface area contributed by atoms with E-state index in [0.29, 0.717) is 19.6 Å². The van der Waals surface area contributed by atoms with Crippen LogP contribution < -0.4 is 0 Å². The highest BCUT2D eigenvalue weighted by atomic mass is 31.2. The van der Waals surface area contributed by atoms with E-state index in [1.165, 1.54) is 0 Å². The lowest BCUT2D eigenvalue weighted by molar-refractivity contribution is 0.203. The maximum atomic E-state index is 12.9. The van der Waals surface area contributed by atoms with Crippen molar-refractivity contribution in [2.45, 2.75) is 41.5 Å². The number of hydrogen-bond donors (Lipinski definition) is 0. The second kappa shape index (κ2) is 16.9. The van der Waals surface area contributed by atoms with Crippen molar-refractivity contribution in [1.29, 1.82) is 0 Å². The molecule has 0 aliphatic heterocycles. The summed E-state index contributed by atoms with van der Waals surface area (Å²) in [6.07, 6.45) is 0.446. The maximum absolute atomic E-state index is 12.9. The predicted octanol–water partition coefficient (Wildman–Crippen LogP) is 5.09. The molecule has 0 aliphatic rings. The van der Waals surface area contributed by atoms with Gasteiger partial charge in [0.25, 0.3) is 0 Å². The number of nitrogens with zero attached hydrogens (tertiary/aromatic N) is 1. The maximum Gasteiger partial charge on any atom is 0.331 e. The van der Waals surface area contributed by atoms with Crippen LogP contribution in [0, 0.1) is 0 Å². The van der Waals surface area contributed by atoms with Crippen LogP contribution in [0.1, 0.15) is 41.5 Å². The molecule has 0 aromatic rings. The zero-order chi connectivity index (χ0) is 23.8. The van der Waals surface area contributed by atoms with Crippen LogP contribution in [0.4, 0.5) is 0 Å². The van der Waals surface area contributed by atoms with Crippen LogP contribution in [-0.4, -0.2) is 82.7 Å². The molecule has 10 nitrogen and oxygen atoms in total. The second-order valence-corrected chi connectivity index (χ2v) is 12.9. The summed E-state index contributed by atoms with van der Waals surface area (Å²) in [5, 5.41) is 0. The van der Waals surface area contributed by atoms with E-state index < -0.39 is 22.8 Å². The molecule has 31 heavy (non-hydrogen) atoms. The van der Waals surface area contributed by atoms with Crippen LogP contribution in [-0.2, 0) is 40.8 Å². The average Bonchev–Trinajstić information content (AvgIpc) is 2.68. The summed E-state index contributed by atoms with van der Waals surface area (Å²) in [7, 11) is -9.77.